The molecule has 0 aromatic carbocycles. The van der Waals surface area contributed by atoms with Crippen LogP contribution in [0.5, 0.6) is 0 Å². The number of H-pyrrole nitrogens is 2. The summed E-state index contributed by atoms with van der Waals surface area (Å²) in [5.41, 5.74) is 6.95. The van der Waals surface area contributed by atoms with Gasteiger partial charge in [0.1, 0.15) is 11.2 Å². The number of ketones is 1. The summed E-state index contributed by atoms with van der Waals surface area (Å²) in [6.45, 7) is 3.63. The Morgan fingerprint density at radius 1 is 1.00 bits per heavy atom. The molecule has 6 heterocycles. The van der Waals surface area contributed by atoms with E-state index in [2.05, 4.69) is 37.4 Å². The van der Waals surface area contributed by atoms with Gasteiger partial charge < -0.3 is 10.3 Å². The van der Waals surface area contributed by atoms with Gasteiger partial charge in [-0.15, -0.1) is 11.3 Å². The van der Waals surface area contributed by atoms with Gasteiger partial charge in [-0.2, -0.15) is 5.10 Å². The number of thiophene rings is 1. The number of rotatable bonds is 8. The standard InChI is InChI=1S/C29H25N7O2S/c1-3-4-5-27(38)32-18-10-17(12-30-13-18)21-6-7-22-28(34-21)29(36-35-22)23-11-19-20(14-31-15-24(19)33-23)26-9-8-25(39-26)16(2)37/h6-15,33H,3-5H2,1-2H3,(H,32,38)(H,35,36). The van der Waals surface area contributed by atoms with E-state index in [1.165, 1.54) is 11.3 Å². The van der Waals surface area contributed by atoms with Crippen molar-refractivity contribution in [1.29, 1.82) is 0 Å². The van der Waals surface area contributed by atoms with Crippen molar-refractivity contribution in [3.05, 3.63) is 66.1 Å². The van der Waals surface area contributed by atoms with E-state index in [1.54, 1.807) is 25.5 Å². The average molecular weight is 536 g/mol. The molecule has 10 heteroatoms. The van der Waals surface area contributed by atoms with Crippen LogP contribution in [0.4, 0.5) is 5.69 Å². The van der Waals surface area contributed by atoms with Gasteiger partial charge in [0.15, 0.2) is 5.78 Å². The van der Waals surface area contributed by atoms with Crippen molar-refractivity contribution in [2.24, 2.45) is 0 Å². The molecule has 0 aliphatic heterocycles. The summed E-state index contributed by atoms with van der Waals surface area (Å²) in [7, 11) is 0. The van der Waals surface area contributed by atoms with Crippen LogP contribution >= 0.6 is 11.3 Å². The lowest BCUT2D eigenvalue weighted by molar-refractivity contribution is -0.116. The van der Waals surface area contributed by atoms with Gasteiger partial charge in [0.2, 0.25) is 5.91 Å². The van der Waals surface area contributed by atoms with E-state index in [0.717, 1.165) is 56.7 Å². The molecule has 0 bridgehead atoms. The second-order valence-corrected chi connectivity index (χ2v) is 10.4. The van der Waals surface area contributed by atoms with E-state index < -0.39 is 0 Å². The number of carbonyl (C=O) groups is 2. The van der Waals surface area contributed by atoms with Crippen LogP contribution in [-0.4, -0.2) is 41.8 Å². The highest BCUT2D eigenvalue weighted by Gasteiger charge is 2.17. The minimum atomic E-state index is -0.0240. The second-order valence-electron chi connectivity index (χ2n) is 9.33. The van der Waals surface area contributed by atoms with Gasteiger partial charge in [-0.25, -0.2) is 4.98 Å². The number of hydrogen-bond acceptors (Lipinski definition) is 7. The Hall–Kier alpha value is -4.70. The number of pyridine rings is 3. The molecule has 0 aliphatic rings. The number of nitrogens with zero attached hydrogens (tertiary/aromatic N) is 4. The number of nitrogens with one attached hydrogen (secondary N) is 3. The van der Waals surface area contributed by atoms with E-state index in [1.807, 2.05) is 42.6 Å². The summed E-state index contributed by atoms with van der Waals surface area (Å²) < 4.78 is 0. The smallest absolute Gasteiger partial charge is 0.224 e. The van der Waals surface area contributed by atoms with Crippen LogP contribution in [0.15, 0.2) is 61.2 Å². The van der Waals surface area contributed by atoms with E-state index >= 15 is 0 Å². The van der Waals surface area contributed by atoms with E-state index in [4.69, 9.17) is 4.98 Å². The fourth-order valence-corrected chi connectivity index (χ4v) is 5.43. The first-order valence-electron chi connectivity index (χ1n) is 12.7. The maximum atomic E-state index is 12.2. The molecular weight excluding hydrogens is 510 g/mol. The molecular formula is C29H25N7O2S. The molecule has 3 N–H and O–H groups in total. The summed E-state index contributed by atoms with van der Waals surface area (Å²) in [6, 6.07) is 11.6. The van der Waals surface area contributed by atoms with Crippen molar-refractivity contribution >= 4 is 50.7 Å². The van der Waals surface area contributed by atoms with Crippen LogP contribution in [0, 0.1) is 0 Å². The normalized spacial score (nSPS) is 11.3. The van der Waals surface area contributed by atoms with Crippen molar-refractivity contribution in [1.82, 2.24) is 30.1 Å². The highest BCUT2D eigenvalue weighted by atomic mass is 32.1. The molecule has 39 heavy (non-hydrogen) atoms. The van der Waals surface area contributed by atoms with Gasteiger partial charge in [-0.05, 0) is 49.7 Å². The van der Waals surface area contributed by atoms with Gasteiger partial charge in [0.25, 0.3) is 0 Å². The van der Waals surface area contributed by atoms with Crippen LogP contribution in [0.2, 0.25) is 0 Å². The Labute approximate surface area is 227 Å². The third-order valence-corrected chi connectivity index (χ3v) is 7.72. The van der Waals surface area contributed by atoms with Gasteiger partial charge in [-0.1, -0.05) is 13.3 Å². The lowest BCUT2D eigenvalue weighted by Crippen LogP contribution is -2.11. The molecule has 0 aliphatic carbocycles. The molecule has 0 saturated heterocycles. The molecule has 9 nitrogen and oxygen atoms in total. The molecule has 6 aromatic rings. The number of unbranched alkanes of at least 4 members (excludes halogenated alkanes) is 1. The number of aromatic amines is 2. The molecule has 6 aromatic heterocycles. The van der Waals surface area contributed by atoms with E-state index in [9.17, 15) is 9.59 Å². The number of anilines is 1. The second kappa shape index (κ2) is 10.2. The minimum Gasteiger partial charge on any atom is -0.352 e. The summed E-state index contributed by atoms with van der Waals surface area (Å²) >= 11 is 1.46. The summed E-state index contributed by atoms with van der Waals surface area (Å²) in [5, 5.41) is 11.5. The van der Waals surface area contributed by atoms with Crippen LogP contribution in [0.3, 0.4) is 0 Å². The summed E-state index contributed by atoms with van der Waals surface area (Å²) in [5.74, 6) is 0.0229. The van der Waals surface area contributed by atoms with Gasteiger partial charge in [0, 0.05) is 40.2 Å². The number of amides is 1. The summed E-state index contributed by atoms with van der Waals surface area (Å²) in [6.07, 6.45) is 9.25. The molecule has 0 spiro atoms. The fourth-order valence-electron chi connectivity index (χ4n) is 4.50. The third-order valence-electron chi connectivity index (χ3n) is 6.50. The van der Waals surface area contributed by atoms with Gasteiger partial charge >= 0.3 is 0 Å². The molecule has 194 valence electrons. The van der Waals surface area contributed by atoms with Crippen molar-refractivity contribution in [3.63, 3.8) is 0 Å². The maximum Gasteiger partial charge on any atom is 0.224 e. The maximum absolute atomic E-state index is 12.2. The summed E-state index contributed by atoms with van der Waals surface area (Å²) in [4.78, 5) is 42.8. The first kappa shape index (κ1) is 24.6. The van der Waals surface area contributed by atoms with E-state index in [0.29, 0.717) is 28.2 Å². The monoisotopic (exact) mass is 535 g/mol. The first-order chi connectivity index (χ1) is 19.0. The van der Waals surface area contributed by atoms with Gasteiger partial charge in [-0.3, -0.25) is 24.7 Å². The highest BCUT2D eigenvalue weighted by molar-refractivity contribution is 7.17. The molecule has 0 fully saturated rings. The van der Waals surface area contributed by atoms with Gasteiger partial charge in [0.05, 0.1) is 45.4 Å². The molecule has 0 unspecified atom stereocenters. The Kier molecular flexibility index (Phi) is 6.45. The molecule has 1 amide bonds. The van der Waals surface area contributed by atoms with Crippen LogP contribution < -0.4 is 5.32 Å². The first-order valence-corrected chi connectivity index (χ1v) is 13.5. The molecule has 0 atom stereocenters. The zero-order chi connectivity index (χ0) is 26.9. The fraction of sp³-hybridized carbons (Fsp3) is 0.172. The predicted octanol–water partition coefficient (Wildman–Crippen LogP) is 6.62. The topological polar surface area (TPSA) is 129 Å². The minimum absolute atomic E-state index is 0.0240. The number of fused-ring (bicyclic) bond motifs is 2. The SMILES string of the molecule is CCCCC(=O)Nc1cncc(-c2ccc3[nH]nc(-c4cc5c(-c6ccc(C(C)=O)s6)cncc5[nH]4)c3n2)c1. The Balaban J connectivity index is 1.36. The van der Waals surface area contributed by atoms with Crippen molar-refractivity contribution in [2.75, 3.05) is 5.32 Å². The number of Topliss-reactive ketones (excluding diaryl/α,β-unsaturated/α-hetero) is 1. The number of aromatic nitrogens is 6. The molecule has 0 saturated carbocycles. The molecule has 6 rings (SSSR count). The average Bonchev–Trinajstić information content (AvgIpc) is 3.69. The largest absolute Gasteiger partial charge is 0.352 e. The van der Waals surface area contributed by atoms with Crippen LogP contribution in [-0.2, 0) is 4.79 Å². The predicted molar refractivity (Wildman–Crippen MR) is 154 cm³/mol. The van der Waals surface area contributed by atoms with E-state index in [-0.39, 0.29) is 11.7 Å². The number of carbonyl (C=O) groups excluding carboxylic acids is 2. The van der Waals surface area contributed by atoms with Crippen molar-refractivity contribution < 1.29 is 9.59 Å². The Morgan fingerprint density at radius 2 is 1.87 bits per heavy atom. The van der Waals surface area contributed by atoms with Crippen molar-refractivity contribution in [2.45, 2.75) is 33.1 Å². The van der Waals surface area contributed by atoms with Crippen LogP contribution in [0.1, 0.15) is 42.8 Å². The highest BCUT2D eigenvalue weighted by Crippen LogP contribution is 2.36. The quantitative estimate of drug-likeness (QED) is 0.188. The number of hydrogen-bond donors (Lipinski definition) is 3. The molecule has 0 radical (unpaired) electrons. The third kappa shape index (κ3) is 4.82. The Bertz CT molecular complexity index is 1850. The Morgan fingerprint density at radius 3 is 2.69 bits per heavy atom. The lowest BCUT2D eigenvalue weighted by Gasteiger charge is -2.07. The zero-order valence-electron chi connectivity index (χ0n) is 21.4. The lowest BCUT2D eigenvalue weighted by atomic mass is 10.1. The van der Waals surface area contributed by atoms with Crippen molar-refractivity contribution in [3.8, 4) is 33.1 Å². The van der Waals surface area contributed by atoms with Crippen LogP contribution in [0.25, 0.3) is 55.0 Å². The zero-order valence-corrected chi connectivity index (χ0v) is 22.2.